The van der Waals surface area contributed by atoms with Crippen LogP contribution < -0.4 is 16.0 Å². The Bertz CT molecular complexity index is 1680. The largest absolute Gasteiger partial charge is 0.478 e. The fraction of sp³-hybridized carbons (Fsp3) is 0.185. The number of halogens is 2. The maximum atomic E-state index is 13.3. The molecular weight excluding hydrogens is 607 g/mol. The van der Waals surface area contributed by atoms with Gasteiger partial charge in [0.1, 0.15) is 5.82 Å². The number of hydrogen-bond acceptors (Lipinski definition) is 10. The molecule has 208 valence electrons. The maximum absolute atomic E-state index is 13.3. The van der Waals surface area contributed by atoms with Gasteiger partial charge < -0.3 is 16.2 Å². The minimum atomic E-state index is -1.05. The molecule has 1 unspecified atom stereocenters. The van der Waals surface area contributed by atoms with E-state index in [2.05, 4.69) is 21.6 Å². The summed E-state index contributed by atoms with van der Waals surface area (Å²) in [7, 11) is 0. The topological polar surface area (TPSA) is 162 Å². The molecule has 10 nitrogen and oxygen atoms in total. The molecule has 1 aromatic heterocycles. The SMILES string of the molecule is N#CC1=C(N)N(c2nnc(SCC(=O)Nc3ccc(C(=O)O)cc3)s2)C2=C(C(=O)CCC2)C1c1cccc(Cl)c1Cl. The molecular formula is C27H20Cl2N6O4S2. The van der Waals surface area contributed by atoms with Crippen LogP contribution in [0.4, 0.5) is 10.8 Å². The van der Waals surface area contributed by atoms with Gasteiger partial charge in [0.15, 0.2) is 10.1 Å². The summed E-state index contributed by atoms with van der Waals surface area (Å²) in [6.45, 7) is 0. The Hall–Kier alpha value is -3.89. The van der Waals surface area contributed by atoms with E-state index >= 15 is 0 Å². The zero-order valence-electron chi connectivity index (χ0n) is 21.1. The monoisotopic (exact) mass is 626 g/mol. The van der Waals surface area contributed by atoms with Gasteiger partial charge in [-0.2, -0.15) is 5.26 Å². The van der Waals surface area contributed by atoms with E-state index in [1.807, 2.05) is 0 Å². The van der Waals surface area contributed by atoms with E-state index < -0.39 is 11.9 Å². The molecule has 0 saturated heterocycles. The van der Waals surface area contributed by atoms with Crippen molar-refractivity contribution in [3.63, 3.8) is 0 Å². The van der Waals surface area contributed by atoms with Crippen molar-refractivity contribution >= 4 is 74.8 Å². The van der Waals surface area contributed by atoms with Crippen LogP contribution in [0, 0.1) is 11.3 Å². The average molecular weight is 628 g/mol. The quantitative estimate of drug-likeness (QED) is 0.282. The summed E-state index contributed by atoms with van der Waals surface area (Å²) in [5.41, 5.74) is 8.90. The zero-order valence-corrected chi connectivity index (χ0v) is 24.2. The van der Waals surface area contributed by atoms with Gasteiger partial charge in [-0.3, -0.25) is 14.5 Å². The van der Waals surface area contributed by atoms with Crippen molar-refractivity contribution in [3.05, 3.63) is 86.3 Å². The normalized spacial score (nSPS) is 16.9. The molecule has 2 aliphatic rings. The predicted octanol–water partition coefficient (Wildman–Crippen LogP) is 5.58. The number of aromatic carboxylic acids is 1. The van der Waals surface area contributed by atoms with E-state index in [9.17, 15) is 19.6 Å². The number of ketones is 1. The van der Waals surface area contributed by atoms with Gasteiger partial charge in [0.25, 0.3) is 0 Å². The molecule has 0 fully saturated rings. The number of nitrogens with two attached hydrogens (primary N) is 1. The lowest BCUT2D eigenvalue weighted by molar-refractivity contribution is -0.116. The molecule has 41 heavy (non-hydrogen) atoms. The van der Waals surface area contributed by atoms with E-state index in [1.54, 1.807) is 23.1 Å². The van der Waals surface area contributed by atoms with Crippen molar-refractivity contribution in [2.45, 2.75) is 29.5 Å². The second-order valence-corrected chi connectivity index (χ2v) is 12.0. The van der Waals surface area contributed by atoms with Crippen molar-refractivity contribution in [2.24, 2.45) is 5.73 Å². The van der Waals surface area contributed by atoms with Gasteiger partial charge in [-0.1, -0.05) is 58.4 Å². The molecule has 2 aromatic carbocycles. The zero-order chi connectivity index (χ0) is 29.3. The number of nitrogens with zero attached hydrogens (tertiary/aromatic N) is 4. The summed E-state index contributed by atoms with van der Waals surface area (Å²) in [6, 6.07) is 13.1. The van der Waals surface area contributed by atoms with Crippen LogP contribution in [0.3, 0.4) is 0 Å². The van der Waals surface area contributed by atoms with Crippen LogP contribution in [0.5, 0.6) is 0 Å². The van der Waals surface area contributed by atoms with Gasteiger partial charge in [-0.15, -0.1) is 10.2 Å². The van der Waals surface area contributed by atoms with Crippen LogP contribution in [-0.4, -0.2) is 38.7 Å². The number of benzene rings is 2. The summed E-state index contributed by atoms with van der Waals surface area (Å²) in [5, 5.41) is 31.3. The minimum absolute atomic E-state index is 0.0197. The molecule has 3 aromatic rings. The molecule has 1 atom stereocenters. The Balaban J connectivity index is 1.40. The second-order valence-electron chi connectivity index (χ2n) is 9.03. The van der Waals surface area contributed by atoms with Crippen molar-refractivity contribution in [1.29, 1.82) is 5.26 Å². The number of anilines is 2. The van der Waals surface area contributed by atoms with E-state index in [0.29, 0.717) is 56.3 Å². The van der Waals surface area contributed by atoms with Crippen molar-refractivity contribution in [2.75, 3.05) is 16.0 Å². The number of amides is 1. The molecule has 0 spiro atoms. The highest BCUT2D eigenvalue weighted by atomic mass is 35.5. The summed E-state index contributed by atoms with van der Waals surface area (Å²) >= 11 is 15.1. The molecule has 0 radical (unpaired) electrons. The standard InChI is InChI=1S/C27H20Cl2N6O4S2/c28-17-4-1-3-15(23(17)29)21-16(11-30)24(31)35(18-5-2-6-19(36)22(18)21)26-33-34-27(41-26)40-12-20(37)32-14-9-7-13(8-10-14)25(38)39/h1,3-4,7-10,21H,2,5-6,12,31H2,(H,32,37)(H,38,39). The number of hydrogen-bond donors (Lipinski definition) is 3. The Morgan fingerprint density at radius 3 is 2.66 bits per heavy atom. The van der Waals surface area contributed by atoms with Crippen LogP contribution in [0.2, 0.25) is 10.0 Å². The third kappa shape index (κ3) is 5.67. The molecule has 14 heteroatoms. The molecule has 1 aliphatic heterocycles. The Kier molecular flexibility index (Phi) is 8.32. The molecule has 5 rings (SSSR count). The maximum Gasteiger partial charge on any atom is 0.335 e. The van der Waals surface area contributed by atoms with Gasteiger partial charge >= 0.3 is 5.97 Å². The van der Waals surface area contributed by atoms with Crippen LogP contribution in [0.1, 0.15) is 41.1 Å². The van der Waals surface area contributed by atoms with Crippen LogP contribution in [0.25, 0.3) is 0 Å². The molecule has 4 N–H and O–H groups in total. The number of rotatable bonds is 7. The van der Waals surface area contributed by atoms with Crippen LogP contribution in [0.15, 0.2) is 69.5 Å². The third-order valence-corrected chi connectivity index (χ3v) is 9.41. The highest BCUT2D eigenvalue weighted by Crippen LogP contribution is 2.49. The highest BCUT2D eigenvalue weighted by Gasteiger charge is 2.42. The fourth-order valence-corrected chi connectivity index (χ4v) is 6.83. The van der Waals surface area contributed by atoms with E-state index in [1.165, 1.54) is 35.6 Å². The van der Waals surface area contributed by atoms with Gasteiger partial charge in [0.05, 0.1) is 38.9 Å². The minimum Gasteiger partial charge on any atom is -0.478 e. The van der Waals surface area contributed by atoms with Gasteiger partial charge in [-0.25, -0.2) is 4.79 Å². The first-order valence-corrected chi connectivity index (χ1v) is 14.7. The highest BCUT2D eigenvalue weighted by molar-refractivity contribution is 8.01. The number of carbonyl (C=O) groups is 3. The molecule has 2 heterocycles. The summed E-state index contributed by atoms with van der Waals surface area (Å²) in [6.07, 6.45) is 1.46. The summed E-state index contributed by atoms with van der Waals surface area (Å²) < 4.78 is 0.479. The molecule has 0 bridgehead atoms. The molecule has 1 aliphatic carbocycles. The lowest BCUT2D eigenvalue weighted by Gasteiger charge is -2.38. The number of carbonyl (C=O) groups excluding carboxylic acids is 2. The average Bonchev–Trinajstić information content (AvgIpc) is 3.42. The number of nitriles is 1. The number of allylic oxidation sites excluding steroid dienone is 3. The smallest absolute Gasteiger partial charge is 0.335 e. The van der Waals surface area contributed by atoms with Crippen molar-refractivity contribution < 1.29 is 19.5 Å². The number of carboxylic acid groups (broad SMARTS) is 1. The Morgan fingerprint density at radius 2 is 1.95 bits per heavy atom. The number of aromatic nitrogens is 2. The van der Waals surface area contributed by atoms with E-state index in [4.69, 9.17) is 34.0 Å². The van der Waals surface area contributed by atoms with Crippen molar-refractivity contribution in [1.82, 2.24) is 10.2 Å². The number of nitrogens with one attached hydrogen (secondary N) is 1. The fourth-order valence-electron chi connectivity index (χ4n) is 4.73. The molecule has 0 saturated carbocycles. The molecule has 1 amide bonds. The van der Waals surface area contributed by atoms with Crippen molar-refractivity contribution in [3.8, 4) is 6.07 Å². The van der Waals surface area contributed by atoms with Crippen LogP contribution in [-0.2, 0) is 9.59 Å². The number of thioether (sulfide) groups is 1. The number of carboxylic acids is 1. The Labute approximate surface area is 252 Å². The predicted molar refractivity (Wildman–Crippen MR) is 157 cm³/mol. The first-order chi connectivity index (χ1) is 19.7. The summed E-state index contributed by atoms with van der Waals surface area (Å²) in [5.74, 6) is -2.10. The van der Waals surface area contributed by atoms with Gasteiger partial charge in [-0.05, 0) is 48.7 Å². The van der Waals surface area contributed by atoms with E-state index in [0.717, 1.165) is 11.8 Å². The first-order valence-electron chi connectivity index (χ1n) is 12.2. The first kappa shape index (κ1) is 28.6. The summed E-state index contributed by atoms with van der Waals surface area (Å²) in [4.78, 5) is 38.4. The second kappa shape index (κ2) is 11.9. The lowest BCUT2D eigenvalue weighted by Crippen LogP contribution is -2.38. The third-order valence-electron chi connectivity index (χ3n) is 6.54. The lowest BCUT2D eigenvalue weighted by atomic mass is 9.76. The Morgan fingerprint density at radius 1 is 1.20 bits per heavy atom. The number of Topliss-reactive ketones (excluding diaryl/α,β-unsaturated/α-hetero) is 1. The van der Waals surface area contributed by atoms with Gasteiger partial charge in [0, 0.05) is 23.4 Å². The van der Waals surface area contributed by atoms with Gasteiger partial charge in [0.2, 0.25) is 11.0 Å². The van der Waals surface area contributed by atoms with E-state index in [-0.39, 0.29) is 39.4 Å². The van der Waals surface area contributed by atoms with Crippen LogP contribution >= 0.6 is 46.3 Å².